The Bertz CT molecular complexity index is 1650. The Morgan fingerprint density at radius 2 is 1.66 bits per heavy atom. The minimum absolute atomic E-state index is 0.00392. The van der Waals surface area contributed by atoms with Crippen molar-refractivity contribution in [1.82, 2.24) is 15.1 Å². The van der Waals surface area contributed by atoms with Gasteiger partial charge in [-0.25, -0.2) is 14.0 Å². The number of urea groups is 1. The highest BCUT2D eigenvalue weighted by Crippen LogP contribution is 2.42. The lowest BCUT2D eigenvalue weighted by Gasteiger charge is -2.48. The molecular formula is C36H38F7N3O4. The van der Waals surface area contributed by atoms with Crippen LogP contribution >= 0.6 is 0 Å². The summed E-state index contributed by atoms with van der Waals surface area (Å²) in [6.45, 7) is 2.99. The summed E-state index contributed by atoms with van der Waals surface area (Å²) in [5.74, 6) is -0.521. The summed E-state index contributed by atoms with van der Waals surface area (Å²) in [6.07, 6.45) is -7.17. The number of amides is 3. The molecule has 14 heteroatoms. The van der Waals surface area contributed by atoms with Crippen LogP contribution in [-0.4, -0.2) is 48.2 Å². The van der Waals surface area contributed by atoms with Crippen LogP contribution in [0.5, 0.6) is 0 Å². The molecule has 1 fully saturated rings. The number of nitrogens with one attached hydrogen (secondary N) is 1. The number of carbonyl (C=O) groups excluding carboxylic acids is 2. The number of rotatable bonds is 9. The number of nitrogens with zero attached hydrogens (tertiary/aromatic N) is 2. The molecule has 50 heavy (non-hydrogen) atoms. The summed E-state index contributed by atoms with van der Waals surface area (Å²) in [4.78, 5) is 29.8. The molecule has 0 saturated carbocycles. The van der Waals surface area contributed by atoms with E-state index in [0.29, 0.717) is 23.3 Å². The van der Waals surface area contributed by atoms with Crippen LogP contribution in [0.4, 0.5) is 40.3 Å². The van der Waals surface area contributed by atoms with Crippen LogP contribution in [0.3, 0.4) is 0 Å². The molecule has 1 heterocycles. The highest BCUT2D eigenvalue weighted by molar-refractivity contribution is 5.76. The Hall–Kier alpha value is -4.75. The van der Waals surface area contributed by atoms with Crippen LogP contribution in [0.2, 0.25) is 0 Å². The number of halogens is 7. The summed E-state index contributed by atoms with van der Waals surface area (Å²) in [5, 5.41) is 2.96. The minimum atomic E-state index is -5.06. The molecule has 1 aliphatic rings. The third-order valence-corrected chi connectivity index (χ3v) is 8.92. The Labute approximate surface area is 285 Å². The van der Waals surface area contributed by atoms with E-state index in [1.54, 1.807) is 37.3 Å². The van der Waals surface area contributed by atoms with E-state index in [9.17, 15) is 40.3 Å². The zero-order chi connectivity index (χ0) is 36.9. The van der Waals surface area contributed by atoms with Crippen molar-refractivity contribution >= 4 is 12.1 Å². The third-order valence-electron chi connectivity index (χ3n) is 8.92. The molecule has 0 aromatic heterocycles. The molecule has 4 rings (SSSR count). The van der Waals surface area contributed by atoms with Crippen LogP contribution in [0, 0.1) is 12.7 Å². The Morgan fingerprint density at radius 3 is 2.24 bits per heavy atom. The molecule has 3 aromatic rings. The van der Waals surface area contributed by atoms with E-state index in [2.05, 4.69) is 5.32 Å². The molecule has 1 aliphatic heterocycles. The van der Waals surface area contributed by atoms with Gasteiger partial charge in [0.15, 0.2) is 0 Å². The molecule has 0 radical (unpaired) electrons. The van der Waals surface area contributed by atoms with E-state index < -0.39 is 59.0 Å². The number of methoxy groups -OCH3 is 1. The van der Waals surface area contributed by atoms with Crippen molar-refractivity contribution in [2.75, 3.05) is 20.7 Å². The van der Waals surface area contributed by atoms with Gasteiger partial charge in [0.05, 0.1) is 42.1 Å². The standard InChI is InChI=1S/C36H38F7N3O4/c1-23-17-29(37)11-12-30(23)31-21-34(13-8-16-49-4,44-32(47)50-22-25-9-6-5-7-10-25)14-15-46(31)33(48)45(3)24(2)26-18-27(35(38,39)40)20-28(19-26)36(41,42)43/h5-12,16-20,24,31H,13-15,21-22H2,1-4H3,(H,44,47)/b16-8-/t24-,31-,34+/m1/s1. The van der Waals surface area contributed by atoms with Gasteiger partial charge in [-0.15, -0.1) is 0 Å². The van der Waals surface area contributed by atoms with E-state index in [1.807, 2.05) is 6.07 Å². The smallest absolute Gasteiger partial charge is 0.416 e. The van der Waals surface area contributed by atoms with Gasteiger partial charge in [0.1, 0.15) is 12.4 Å². The van der Waals surface area contributed by atoms with Crippen LogP contribution < -0.4 is 5.32 Å². The second kappa shape index (κ2) is 15.4. The number of piperidine rings is 1. The first-order valence-corrected chi connectivity index (χ1v) is 15.7. The number of benzene rings is 3. The van der Waals surface area contributed by atoms with Crippen LogP contribution in [0.25, 0.3) is 0 Å². The monoisotopic (exact) mass is 709 g/mol. The molecular weight excluding hydrogens is 671 g/mol. The van der Waals surface area contributed by atoms with Gasteiger partial charge in [0.2, 0.25) is 0 Å². The first kappa shape index (κ1) is 38.1. The Morgan fingerprint density at radius 1 is 1.02 bits per heavy atom. The summed E-state index contributed by atoms with van der Waals surface area (Å²) < 4.78 is 107. The van der Waals surface area contributed by atoms with Crippen molar-refractivity contribution in [3.05, 3.63) is 118 Å². The van der Waals surface area contributed by atoms with Crippen LogP contribution in [-0.2, 0) is 28.4 Å². The number of aryl methyl sites for hydroxylation is 1. The average Bonchev–Trinajstić information content (AvgIpc) is 3.06. The lowest BCUT2D eigenvalue weighted by atomic mass is 9.77. The fourth-order valence-corrected chi connectivity index (χ4v) is 6.10. The topological polar surface area (TPSA) is 71.1 Å². The fraction of sp³-hybridized carbons (Fsp3) is 0.389. The Kier molecular flexibility index (Phi) is 11.7. The second-order valence-corrected chi connectivity index (χ2v) is 12.4. The zero-order valence-electron chi connectivity index (χ0n) is 27.9. The summed E-state index contributed by atoms with van der Waals surface area (Å²) in [6, 6.07) is 11.6. The van der Waals surface area contributed by atoms with Gasteiger partial charge in [0.25, 0.3) is 0 Å². The quantitative estimate of drug-likeness (QED) is 0.178. The molecule has 0 bridgehead atoms. The van der Waals surface area contributed by atoms with Gasteiger partial charge in [-0.3, -0.25) is 0 Å². The summed E-state index contributed by atoms with van der Waals surface area (Å²) in [5.41, 5.74) is -2.56. The highest BCUT2D eigenvalue weighted by Gasteiger charge is 2.45. The number of alkyl halides is 6. The summed E-state index contributed by atoms with van der Waals surface area (Å²) >= 11 is 0. The van der Waals surface area contributed by atoms with Crippen LogP contribution in [0.1, 0.15) is 71.7 Å². The van der Waals surface area contributed by atoms with E-state index in [1.165, 1.54) is 50.4 Å². The maximum absolute atomic E-state index is 14.2. The molecule has 270 valence electrons. The number of carbonyl (C=O) groups is 2. The van der Waals surface area contributed by atoms with E-state index in [-0.39, 0.29) is 44.0 Å². The van der Waals surface area contributed by atoms with Gasteiger partial charge >= 0.3 is 24.5 Å². The van der Waals surface area contributed by atoms with Crippen molar-refractivity contribution in [3.63, 3.8) is 0 Å². The maximum atomic E-state index is 14.2. The average molecular weight is 710 g/mol. The lowest BCUT2D eigenvalue weighted by molar-refractivity contribution is -0.143. The van der Waals surface area contributed by atoms with E-state index in [0.717, 1.165) is 10.5 Å². The molecule has 0 unspecified atom stereocenters. The second-order valence-electron chi connectivity index (χ2n) is 12.4. The SMILES string of the molecule is CO/C=C\C[C@]1(NC(=O)OCc2ccccc2)CCN(C(=O)N(C)[C@H](C)c2cc(C(F)(F)F)cc(C(F)(F)F)c2)[C@@H](c2ccc(F)cc2C)C1. The maximum Gasteiger partial charge on any atom is 0.416 e. The van der Waals surface area contributed by atoms with E-state index in [4.69, 9.17) is 9.47 Å². The number of hydrogen-bond acceptors (Lipinski definition) is 4. The molecule has 0 aliphatic carbocycles. The molecule has 3 amide bonds. The predicted octanol–water partition coefficient (Wildman–Crippen LogP) is 9.34. The third kappa shape index (κ3) is 9.27. The van der Waals surface area contributed by atoms with Gasteiger partial charge in [-0.1, -0.05) is 36.4 Å². The van der Waals surface area contributed by atoms with Gasteiger partial charge in [0, 0.05) is 13.6 Å². The molecule has 1 saturated heterocycles. The molecule has 7 nitrogen and oxygen atoms in total. The zero-order valence-corrected chi connectivity index (χ0v) is 27.9. The predicted molar refractivity (Wildman–Crippen MR) is 171 cm³/mol. The van der Waals surface area contributed by atoms with Gasteiger partial charge in [-0.05, 0) is 91.8 Å². The lowest BCUT2D eigenvalue weighted by Crippen LogP contribution is -2.58. The fourth-order valence-electron chi connectivity index (χ4n) is 6.10. The number of hydrogen-bond donors (Lipinski definition) is 1. The first-order chi connectivity index (χ1) is 23.4. The molecule has 3 aromatic carbocycles. The van der Waals surface area contributed by atoms with Gasteiger partial charge in [-0.2, -0.15) is 26.3 Å². The van der Waals surface area contributed by atoms with E-state index >= 15 is 0 Å². The van der Waals surface area contributed by atoms with Crippen molar-refractivity contribution in [2.45, 2.75) is 69.7 Å². The van der Waals surface area contributed by atoms with Gasteiger partial charge < -0.3 is 24.6 Å². The number of likely N-dealkylation sites (tertiary alicyclic amines) is 1. The first-order valence-electron chi connectivity index (χ1n) is 15.7. The molecule has 1 N–H and O–H groups in total. The normalized spacial score (nSPS) is 18.9. The number of ether oxygens (including phenoxy) is 2. The largest absolute Gasteiger partial charge is 0.505 e. The van der Waals surface area contributed by atoms with Crippen molar-refractivity contribution in [1.29, 1.82) is 0 Å². The highest BCUT2D eigenvalue weighted by atomic mass is 19.4. The van der Waals surface area contributed by atoms with Crippen LogP contribution in [0.15, 0.2) is 79.1 Å². The van der Waals surface area contributed by atoms with Crippen molar-refractivity contribution in [2.24, 2.45) is 0 Å². The van der Waals surface area contributed by atoms with Crippen molar-refractivity contribution in [3.8, 4) is 0 Å². The summed E-state index contributed by atoms with van der Waals surface area (Å²) in [7, 11) is 2.74. The number of alkyl carbamates (subject to hydrolysis) is 1. The Balaban J connectivity index is 1.68. The minimum Gasteiger partial charge on any atom is -0.505 e. The molecule has 3 atom stereocenters. The molecule has 0 spiro atoms. The van der Waals surface area contributed by atoms with Crippen molar-refractivity contribution < 1.29 is 49.8 Å².